The number of benzene rings is 5. The van der Waals surface area contributed by atoms with E-state index in [0.717, 1.165) is 35.9 Å². The highest BCUT2D eigenvalue weighted by atomic mass is 15.3. The Labute approximate surface area is 328 Å². The zero-order valence-corrected chi connectivity index (χ0v) is 34.0. The molecule has 2 aliphatic carbocycles. The van der Waals surface area contributed by atoms with Gasteiger partial charge in [-0.25, -0.2) is 4.98 Å². The lowest BCUT2D eigenvalue weighted by molar-refractivity contribution is 0.403. The number of rotatable bonds is 4. The third-order valence-corrected chi connectivity index (χ3v) is 13.8. The van der Waals surface area contributed by atoms with Crippen molar-refractivity contribution < 1.29 is 0 Å². The van der Waals surface area contributed by atoms with Crippen molar-refractivity contribution in [3.63, 3.8) is 0 Å². The molecule has 2 aliphatic heterocycles. The van der Waals surface area contributed by atoms with Gasteiger partial charge in [0.05, 0.1) is 0 Å². The number of aromatic nitrogens is 1. The lowest BCUT2D eigenvalue weighted by Gasteiger charge is -2.46. The molecule has 0 amide bonds. The molecule has 0 saturated carbocycles. The molecule has 0 saturated heterocycles. The second-order valence-electron chi connectivity index (χ2n) is 19.4. The third kappa shape index (κ3) is 4.99. The Kier molecular flexibility index (Phi) is 7.18. The summed E-state index contributed by atoms with van der Waals surface area (Å²) in [5, 5.41) is 0. The molecule has 0 spiro atoms. The molecule has 6 aromatic rings. The molecule has 0 radical (unpaired) electrons. The van der Waals surface area contributed by atoms with Gasteiger partial charge in [0.2, 0.25) is 6.71 Å². The summed E-state index contributed by atoms with van der Waals surface area (Å²) in [5.74, 6) is 1.99. The van der Waals surface area contributed by atoms with E-state index in [1.54, 1.807) is 0 Å². The van der Waals surface area contributed by atoms with E-state index in [9.17, 15) is 0 Å². The van der Waals surface area contributed by atoms with E-state index < -0.39 is 0 Å². The van der Waals surface area contributed by atoms with Crippen molar-refractivity contribution in [3.05, 3.63) is 154 Å². The number of aryl methyl sites for hydroxylation is 2. The molecule has 0 bridgehead atoms. The second kappa shape index (κ2) is 11.5. The summed E-state index contributed by atoms with van der Waals surface area (Å²) >= 11 is 0. The Hall–Kier alpha value is -5.09. The molecule has 10 rings (SSSR count). The van der Waals surface area contributed by atoms with Crippen molar-refractivity contribution in [2.45, 2.75) is 103 Å². The van der Waals surface area contributed by atoms with E-state index in [2.05, 4.69) is 187 Å². The first-order valence-electron chi connectivity index (χ1n) is 20.3. The molecule has 0 N–H and O–H groups in total. The highest BCUT2D eigenvalue weighted by Crippen LogP contribution is 2.52. The smallest absolute Gasteiger partial charge is 0.249 e. The minimum atomic E-state index is -0.260. The summed E-state index contributed by atoms with van der Waals surface area (Å²) in [7, 11) is 0. The molecule has 0 atom stereocenters. The average Bonchev–Trinajstić information content (AvgIpc) is 3.55. The van der Waals surface area contributed by atoms with Gasteiger partial charge in [-0.3, -0.25) is 9.80 Å². The van der Waals surface area contributed by atoms with Crippen molar-refractivity contribution in [1.29, 1.82) is 0 Å². The number of fused-ring (bicyclic) bond motifs is 6. The topological polar surface area (TPSA) is 19.4 Å². The summed E-state index contributed by atoms with van der Waals surface area (Å²) in [6.45, 7) is 21.7. The summed E-state index contributed by atoms with van der Waals surface area (Å²) in [5.41, 5.74) is 18.9. The molecular formula is C51H52BN3. The van der Waals surface area contributed by atoms with Crippen molar-refractivity contribution in [2.75, 3.05) is 9.80 Å². The van der Waals surface area contributed by atoms with Gasteiger partial charge >= 0.3 is 0 Å². The molecule has 5 aromatic carbocycles. The molecular weight excluding hydrogens is 665 g/mol. The van der Waals surface area contributed by atoms with Crippen LogP contribution in [0.4, 0.5) is 34.4 Å². The molecule has 55 heavy (non-hydrogen) atoms. The maximum atomic E-state index is 5.91. The maximum absolute atomic E-state index is 5.91. The van der Waals surface area contributed by atoms with Gasteiger partial charge in [0, 0.05) is 28.2 Å². The quantitative estimate of drug-likeness (QED) is 0.169. The Bertz CT molecular complexity index is 2510. The monoisotopic (exact) mass is 717 g/mol. The standard InChI is InChI=1S/C51H52BN3/c1-32-20-22-38-42(26-32)52-43-29-39-33(24-25-48(39,2)3)27-44(43)55(36-21-23-37-40(28-36)50(6,7)31-49(37,4)5)47-46(52)41(51(38,8)9)30-45(53-47)54(34-16-12-10-13-17-34)35-18-14-11-15-19-35/h10-23,26-30H,24-25,31H2,1-9H3. The lowest BCUT2D eigenvalue weighted by Crippen LogP contribution is -2.64. The fourth-order valence-corrected chi connectivity index (χ4v) is 11.3. The Morgan fingerprint density at radius 3 is 1.95 bits per heavy atom. The Morgan fingerprint density at radius 2 is 1.25 bits per heavy atom. The SMILES string of the molecule is Cc1ccc2c(c1)B1c3cc4c(cc3N(c3ccc5c(c3)C(C)(C)CC5(C)C)c3nc(N(c5ccccc5)c5ccccc5)cc(c31)C2(C)C)CCC4(C)C. The van der Waals surface area contributed by atoms with Crippen molar-refractivity contribution in [3.8, 4) is 0 Å². The number of anilines is 6. The van der Waals surface area contributed by atoms with Crippen LogP contribution in [0.5, 0.6) is 0 Å². The van der Waals surface area contributed by atoms with Crippen LogP contribution >= 0.6 is 0 Å². The van der Waals surface area contributed by atoms with E-state index in [1.807, 2.05) is 0 Å². The van der Waals surface area contributed by atoms with Crippen molar-refractivity contribution in [1.82, 2.24) is 4.98 Å². The predicted octanol–water partition coefficient (Wildman–Crippen LogP) is 11.0. The molecule has 274 valence electrons. The predicted molar refractivity (Wildman–Crippen MR) is 234 cm³/mol. The molecule has 1 aromatic heterocycles. The number of nitrogens with zero attached hydrogens (tertiary/aromatic N) is 3. The summed E-state index contributed by atoms with van der Waals surface area (Å²) in [6.07, 6.45) is 3.41. The van der Waals surface area contributed by atoms with Crippen LogP contribution in [-0.2, 0) is 28.1 Å². The van der Waals surface area contributed by atoms with Gasteiger partial charge in [0.1, 0.15) is 11.6 Å². The van der Waals surface area contributed by atoms with E-state index >= 15 is 0 Å². The third-order valence-electron chi connectivity index (χ3n) is 13.8. The zero-order chi connectivity index (χ0) is 38.2. The van der Waals surface area contributed by atoms with Crippen LogP contribution in [-0.4, -0.2) is 11.7 Å². The highest BCUT2D eigenvalue weighted by molar-refractivity contribution is 6.99. The Morgan fingerprint density at radius 1 is 0.600 bits per heavy atom. The summed E-state index contributed by atoms with van der Waals surface area (Å²) in [6, 6.07) is 43.6. The summed E-state index contributed by atoms with van der Waals surface area (Å²) in [4.78, 5) is 10.8. The van der Waals surface area contributed by atoms with E-state index in [0.29, 0.717) is 0 Å². The van der Waals surface area contributed by atoms with Gasteiger partial charge in [0.15, 0.2) is 0 Å². The van der Waals surface area contributed by atoms with Crippen LogP contribution in [0.15, 0.2) is 115 Å². The molecule has 4 aliphatic rings. The second-order valence-corrected chi connectivity index (χ2v) is 19.4. The highest BCUT2D eigenvalue weighted by Gasteiger charge is 2.49. The van der Waals surface area contributed by atoms with Crippen molar-refractivity contribution >= 4 is 57.5 Å². The fraction of sp³-hybridized carbons (Fsp3) is 0.314. The fourth-order valence-electron chi connectivity index (χ4n) is 11.3. The minimum absolute atomic E-state index is 0.0720. The first-order chi connectivity index (χ1) is 26.2. The molecule has 0 fully saturated rings. The van der Waals surface area contributed by atoms with Gasteiger partial charge in [-0.1, -0.05) is 133 Å². The number of para-hydroxylation sites is 2. The van der Waals surface area contributed by atoms with Crippen LogP contribution < -0.4 is 26.2 Å². The van der Waals surface area contributed by atoms with Gasteiger partial charge in [0.25, 0.3) is 0 Å². The number of hydrogen-bond donors (Lipinski definition) is 0. The normalized spacial score (nSPS) is 18.6. The van der Waals surface area contributed by atoms with Crippen molar-refractivity contribution in [2.24, 2.45) is 0 Å². The number of pyridine rings is 1. The summed E-state index contributed by atoms with van der Waals surface area (Å²) < 4.78 is 0. The molecule has 0 unspecified atom stereocenters. The van der Waals surface area contributed by atoms with Gasteiger partial charge in [-0.05, 0) is 135 Å². The minimum Gasteiger partial charge on any atom is -0.296 e. The maximum Gasteiger partial charge on any atom is 0.249 e. The Balaban J connectivity index is 1.33. The molecule has 3 nitrogen and oxygen atoms in total. The van der Waals surface area contributed by atoms with Crippen LogP contribution in [0.3, 0.4) is 0 Å². The van der Waals surface area contributed by atoms with Crippen LogP contribution in [0.1, 0.15) is 107 Å². The van der Waals surface area contributed by atoms with Gasteiger partial charge < -0.3 is 0 Å². The largest absolute Gasteiger partial charge is 0.296 e. The van der Waals surface area contributed by atoms with Crippen LogP contribution in [0.2, 0.25) is 0 Å². The van der Waals surface area contributed by atoms with E-state index in [4.69, 9.17) is 4.98 Å². The lowest BCUT2D eigenvalue weighted by atomic mass is 9.30. The van der Waals surface area contributed by atoms with Gasteiger partial charge in [-0.2, -0.15) is 0 Å². The van der Waals surface area contributed by atoms with Crippen LogP contribution in [0, 0.1) is 6.92 Å². The first-order valence-corrected chi connectivity index (χ1v) is 20.3. The van der Waals surface area contributed by atoms with Gasteiger partial charge in [-0.15, -0.1) is 0 Å². The first kappa shape index (κ1) is 34.4. The number of hydrogen-bond acceptors (Lipinski definition) is 3. The van der Waals surface area contributed by atoms with E-state index in [-0.39, 0.29) is 28.4 Å². The zero-order valence-electron chi connectivity index (χ0n) is 34.0. The average molecular weight is 718 g/mol. The molecule has 4 heteroatoms. The van der Waals surface area contributed by atoms with E-state index in [1.165, 1.54) is 73.1 Å². The van der Waals surface area contributed by atoms with Crippen LogP contribution in [0.25, 0.3) is 0 Å². The molecule has 3 heterocycles.